The first-order valence-electron chi connectivity index (χ1n) is 31.2. The number of amides is 5. The van der Waals surface area contributed by atoms with E-state index in [1.807, 2.05) is 125 Å². The van der Waals surface area contributed by atoms with Crippen LogP contribution in [0, 0.1) is 23.7 Å². The van der Waals surface area contributed by atoms with Gasteiger partial charge >= 0.3 is 0 Å². The maximum absolute atomic E-state index is 14.9. The SMILES string of the molecule is CC[C@@H](C)C(=O)N[C@H](C(=O)N1CC[C@@H](N)C[C@H]1CN(CCc1ccccc1)C(=O)c1ccc(-c2ccc(C(=O)N(CCc3ccccc3)C[C@@H]3C[C@H](N)CCN3C(=O)[C@@H](CC(=O)[C@H](C)NC)C3CCCCC3)cc2)cc1)C1CCCCC1. The molecule has 442 valence electrons. The van der Waals surface area contributed by atoms with Crippen molar-refractivity contribution in [2.24, 2.45) is 35.1 Å². The van der Waals surface area contributed by atoms with Crippen molar-refractivity contribution in [3.05, 3.63) is 131 Å². The van der Waals surface area contributed by atoms with E-state index < -0.39 is 12.0 Å². The molecular formula is C68H94N8O6. The number of piperidine rings is 2. The molecule has 0 unspecified atom stereocenters. The summed E-state index contributed by atoms with van der Waals surface area (Å²) in [6.45, 7) is 8.23. The smallest absolute Gasteiger partial charge is 0.253 e. The van der Waals surface area contributed by atoms with Crippen molar-refractivity contribution < 1.29 is 28.8 Å². The van der Waals surface area contributed by atoms with Gasteiger partial charge in [-0.25, -0.2) is 0 Å². The van der Waals surface area contributed by atoms with Crippen molar-refractivity contribution >= 4 is 35.3 Å². The Morgan fingerprint density at radius 1 is 0.573 bits per heavy atom. The van der Waals surface area contributed by atoms with E-state index in [2.05, 4.69) is 34.9 Å². The molecule has 0 bridgehead atoms. The normalized spacial score (nSPS) is 21.4. The van der Waals surface area contributed by atoms with Crippen LogP contribution in [0.4, 0.5) is 0 Å². The highest BCUT2D eigenvalue weighted by molar-refractivity contribution is 5.96. The third-order valence-electron chi connectivity index (χ3n) is 18.8. The summed E-state index contributed by atoms with van der Waals surface area (Å²) in [5, 5.41) is 6.29. The Kier molecular flexibility index (Phi) is 22.9. The third kappa shape index (κ3) is 16.5. The van der Waals surface area contributed by atoms with Crippen molar-refractivity contribution in [1.29, 1.82) is 0 Å². The maximum Gasteiger partial charge on any atom is 0.253 e. The highest BCUT2D eigenvalue weighted by Gasteiger charge is 2.42. The topological polar surface area (TPSA) is 191 Å². The third-order valence-corrected chi connectivity index (χ3v) is 18.8. The fourth-order valence-electron chi connectivity index (χ4n) is 13.2. The number of likely N-dealkylation sites (tertiary alicyclic amines) is 2. The Labute approximate surface area is 488 Å². The molecule has 2 heterocycles. The number of rotatable bonds is 24. The van der Waals surface area contributed by atoms with Crippen molar-refractivity contribution in [3.63, 3.8) is 0 Å². The molecule has 8 rings (SSSR count). The second kappa shape index (κ2) is 30.4. The summed E-state index contributed by atoms with van der Waals surface area (Å²) in [5.41, 5.74) is 18.4. The number of Topliss-reactive ketones (excluding diaryl/α,β-unsaturated/α-hetero) is 1. The molecule has 4 fully saturated rings. The summed E-state index contributed by atoms with van der Waals surface area (Å²) >= 11 is 0. The van der Waals surface area contributed by atoms with Crippen LogP contribution in [0.25, 0.3) is 11.1 Å². The first kappa shape index (κ1) is 61.8. The molecule has 0 radical (unpaired) electrons. The molecule has 82 heavy (non-hydrogen) atoms. The molecule has 2 saturated heterocycles. The Morgan fingerprint density at radius 3 is 1.45 bits per heavy atom. The van der Waals surface area contributed by atoms with E-state index in [0.717, 1.165) is 86.5 Å². The lowest BCUT2D eigenvalue weighted by Gasteiger charge is -2.43. The standard InChI is InChI=1S/C68H94N8O6/c1-5-47(2)64(78)72-63(54-24-16-9-17-25-54)68(82)76-41-37-58(70)43-60(76)46-74(39-35-50-20-12-7-13-21-50)66(80)56-32-28-52(29-33-56)51-26-30-55(31-27-51)65(79)73(38-34-49-18-10-6-11-19-49)45-59-42-57(69)36-40-75(59)67(81)61(44-62(77)48(3)71-4)53-22-14-8-15-23-53/h6-7,10-13,18-21,26-33,47-48,53-54,57-61,63,71H,5,8-9,14-17,22-25,34-46,69-70H2,1-4H3,(H,72,78)/t47-,48+,57-,58-,59+,60+,61+,63+/m1/s1. The first-order chi connectivity index (χ1) is 39.7. The number of nitrogens with zero attached hydrogens (tertiary/aromatic N) is 4. The molecule has 4 aromatic rings. The summed E-state index contributed by atoms with van der Waals surface area (Å²) in [4.78, 5) is 94.1. The van der Waals surface area contributed by atoms with Crippen LogP contribution in [0.1, 0.15) is 155 Å². The summed E-state index contributed by atoms with van der Waals surface area (Å²) in [5.74, 6) is -0.760. The van der Waals surface area contributed by atoms with Crippen LogP contribution in [0.15, 0.2) is 109 Å². The highest BCUT2D eigenvalue weighted by Crippen LogP contribution is 2.36. The molecule has 2 saturated carbocycles. The van der Waals surface area contributed by atoms with Crippen LogP contribution in [-0.4, -0.2) is 137 Å². The van der Waals surface area contributed by atoms with Gasteiger partial charge in [0, 0.05) is 80.7 Å². The van der Waals surface area contributed by atoms with Crippen LogP contribution < -0.4 is 22.1 Å². The van der Waals surface area contributed by atoms with E-state index in [1.54, 1.807) is 7.05 Å². The van der Waals surface area contributed by atoms with Gasteiger partial charge in [0.25, 0.3) is 11.8 Å². The van der Waals surface area contributed by atoms with Gasteiger partial charge in [0.15, 0.2) is 0 Å². The van der Waals surface area contributed by atoms with Crippen molar-refractivity contribution in [3.8, 4) is 11.1 Å². The van der Waals surface area contributed by atoms with Crippen LogP contribution in [0.3, 0.4) is 0 Å². The molecule has 2 aliphatic heterocycles. The fourth-order valence-corrected chi connectivity index (χ4v) is 13.2. The zero-order valence-electron chi connectivity index (χ0n) is 49.5. The van der Waals surface area contributed by atoms with E-state index in [1.165, 1.54) is 0 Å². The first-order valence-corrected chi connectivity index (χ1v) is 31.2. The summed E-state index contributed by atoms with van der Waals surface area (Å²) in [6.07, 6.45) is 14.7. The summed E-state index contributed by atoms with van der Waals surface area (Å²) in [6, 6.07) is 33.6. The molecular weight excluding hydrogens is 1020 g/mol. The number of likely N-dealkylation sites (N-methyl/N-ethyl adjacent to an activating group) is 1. The number of hydrogen-bond donors (Lipinski definition) is 4. The maximum atomic E-state index is 14.9. The minimum absolute atomic E-state index is 0.0170. The van der Waals surface area contributed by atoms with Gasteiger partial charge in [-0.1, -0.05) is 137 Å². The lowest BCUT2D eigenvalue weighted by atomic mass is 9.76. The molecule has 2 aliphatic carbocycles. The van der Waals surface area contributed by atoms with Crippen LogP contribution in [-0.2, 0) is 32.0 Å². The number of hydrogen-bond acceptors (Lipinski definition) is 9. The molecule has 4 aromatic carbocycles. The van der Waals surface area contributed by atoms with Crippen molar-refractivity contribution in [2.45, 2.75) is 173 Å². The van der Waals surface area contributed by atoms with E-state index in [0.29, 0.717) is 95.3 Å². The van der Waals surface area contributed by atoms with Gasteiger partial charge in [-0.05, 0) is 143 Å². The van der Waals surface area contributed by atoms with Gasteiger partial charge < -0.3 is 41.7 Å². The molecule has 14 nitrogen and oxygen atoms in total. The van der Waals surface area contributed by atoms with E-state index in [-0.39, 0.29) is 89.7 Å². The molecule has 8 atom stereocenters. The minimum Gasteiger partial charge on any atom is -0.344 e. The Morgan fingerprint density at radius 2 is 1.01 bits per heavy atom. The molecule has 6 N–H and O–H groups in total. The van der Waals surface area contributed by atoms with E-state index in [4.69, 9.17) is 11.5 Å². The number of carbonyl (C=O) groups is 6. The molecule has 4 aliphatic rings. The zero-order valence-corrected chi connectivity index (χ0v) is 49.5. The predicted molar refractivity (Wildman–Crippen MR) is 326 cm³/mol. The second-order valence-corrected chi connectivity index (χ2v) is 24.4. The molecule has 5 amide bonds. The zero-order chi connectivity index (χ0) is 58.1. The van der Waals surface area contributed by atoms with Gasteiger partial charge in [0.05, 0.1) is 18.1 Å². The molecule has 0 spiro atoms. The highest BCUT2D eigenvalue weighted by atomic mass is 16.2. The second-order valence-electron chi connectivity index (χ2n) is 24.4. The van der Waals surface area contributed by atoms with Gasteiger partial charge in [-0.2, -0.15) is 0 Å². The average Bonchev–Trinajstić information content (AvgIpc) is 3.58. The molecule has 0 aromatic heterocycles. The van der Waals surface area contributed by atoms with E-state index >= 15 is 0 Å². The lowest BCUT2D eigenvalue weighted by Crippen LogP contribution is -2.61. The van der Waals surface area contributed by atoms with Gasteiger partial charge in [-0.3, -0.25) is 28.8 Å². The number of ketones is 1. The van der Waals surface area contributed by atoms with Gasteiger partial charge in [-0.15, -0.1) is 0 Å². The van der Waals surface area contributed by atoms with Crippen molar-refractivity contribution in [1.82, 2.24) is 30.2 Å². The Bertz CT molecular complexity index is 2510. The van der Waals surface area contributed by atoms with Crippen LogP contribution in [0.5, 0.6) is 0 Å². The minimum atomic E-state index is -0.615. The number of carbonyl (C=O) groups excluding carboxylic acids is 6. The Hall–Kier alpha value is -6.22. The summed E-state index contributed by atoms with van der Waals surface area (Å²) < 4.78 is 0. The fraction of sp³-hybridized carbons (Fsp3) is 0.559. The Balaban J connectivity index is 1.00. The van der Waals surface area contributed by atoms with E-state index in [9.17, 15) is 28.8 Å². The number of nitrogens with two attached hydrogens (primary N) is 2. The van der Waals surface area contributed by atoms with Crippen LogP contribution >= 0.6 is 0 Å². The van der Waals surface area contributed by atoms with Gasteiger partial charge in [0.2, 0.25) is 17.7 Å². The average molecular weight is 1120 g/mol. The monoisotopic (exact) mass is 1120 g/mol. The number of benzene rings is 4. The summed E-state index contributed by atoms with van der Waals surface area (Å²) in [7, 11) is 1.78. The quantitative estimate of drug-likeness (QED) is 0.0530. The largest absolute Gasteiger partial charge is 0.344 e. The van der Waals surface area contributed by atoms with Gasteiger partial charge in [0.1, 0.15) is 11.8 Å². The molecule has 14 heteroatoms. The lowest BCUT2D eigenvalue weighted by molar-refractivity contribution is -0.144. The predicted octanol–water partition coefficient (Wildman–Crippen LogP) is 9.23. The van der Waals surface area contributed by atoms with Crippen LogP contribution in [0.2, 0.25) is 0 Å². The van der Waals surface area contributed by atoms with Crippen molar-refractivity contribution in [2.75, 3.05) is 46.3 Å². The number of nitrogens with one attached hydrogen (secondary N) is 2.